The van der Waals surface area contributed by atoms with Gasteiger partial charge < -0.3 is 5.32 Å². The van der Waals surface area contributed by atoms with Crippen molar-refractivity contribution in [3.63, 3.8) is 0 Å². The standard InChI is InChI=1S/C16H25N3/c1-2-5-14-11-19(12-15-6-3-4-9-17-15)16(10-18-14)13-7-8-13/h3-4,6,9,13-14,16,18H,2,5,7-8,10-12H2,1H3. The minimum Gasteiger partial charge on any atom is -0.311 e. The van der Waals surface area contributed by atoms with E-state index in [1.54, 1.807) is 0 Å². The van der Waals surface area contributed by atoms with Gasteiger partial charge in [-0.1, -0.05) is 19.4 Å². The van der Waals surface area contributed by atoms with Gasteiger partial charge in [-0.15, -0.1) is 0 Å². The van der Waals surface area contributed by atoms with E-state index in [4.69, 9.17) is 0 Å². The van der Waals surface area contributed by atoms with Crippen molar-refractivity contribution in [1.82, 2.24) is 15.2 Å². The van der Waals surface area contributed by atoms with Gasteiger partial charge in [-0.05, 0) is 37.3 Å². The molecule has 0 radical (unpaired) electrons. The van der Waals surface area contributed by atoms with Gasteiger partial charge in [0.1, 0.15) is 0 Å². The fourth-order valence-corrected chi connectivity index (χ4v) is 3.27. The van der Waals surface area contributed by atoms with E-state index in [1.807, 2.05) is 12.3 Å². The molecule has 3 heteroatoms. The Bertz CT molecular complexity index is 388. The summed E-state index contributed by atoms with van der Waals surface area (Å²) >= 11 is 0. The average molecular weight is 259 g/mol. The first-order valence-electron chi connectivity index (χ1n) is 7.74. The van der Waals surface area contributed by atoms with Crippen LogP contribution >= 0.6 is 0 Å². The maximum atomic E-state index is 4.50. The molecule has 3 nitrogen and oxygen atoms in total. The summed E-state index contributed by atoms with van der Waals surface area (Å²) < 4.78 is 0. The number of piperazine rings is 1. The Morgan fingerprint density at radius 2 is 2.26 bits per heavy atom. The van der Waals surface area contributed by atoms with Crippen LogP contribution in [-0.2, 0) is 6.54 Å². The minimum absolute atomic E-state index is 0.670. The van der Waals surface area contributed by atoms with Crippen LogP contribution in [0.25, 0.3) is 0 Å². The van der Waals surface area contributed by atoms with Crippen LogP contribution in [0.2, 0.25) is 0 Å². The van der Waals surface area contributed by atoms with Crippen LogP contribution in [0.1, 0.15) is 38.3 Å². The fraction of sp³-hybridized carbons (Fsp3) is 0.688. The molecular formula is C16H25N3. The van der Waals surface area contributed by atoms with Gasteiger partial charge in [0, 0.05) is 37.9 Å². The van der Waals surface area contributed by atoms with Crippen molar-refractivity contribution >= 4 is 0 Å². The van der Waals surface area contributed by atoms with Crippen molar-refractivity contribution in [2.45, 2.75) is 51.2 Å². The quantitative estimate of drug-likeness (QED) is 0.880. The van der Waals surface area contributed by atoms with E-state index in [-0.39, 0.29) is 0 Å². The normalized spacial score (nSPS) is 28.5. The van der Waals surface area contributed by atoms with E-state index in [2.05, 4.69) is 34.3 Å². The summed E-state index contributed by atoms with van der Waals surface area (Å²) in [6.45, 7) is 5.65. The Labute approximate surface area is 116 Å². The Morgan fingerprint density at radius 3 is 2.95 bits per heavy atom. The molecule has 2 atom stereocenters. The molecule has 0 amide bonds. The molecule has 1 saturated heterocycles. The Kier molecular flexibility index (Phi) is 4.14. The highest BCUT2D eigenvalue weighted by molar-refractivity contribution is 5.05. The topological polar surface area (TPSA) is 28.2 Å². The molecule has 0 spiro atoms. The molecule has 104 valence electrons. The first-order chi connectivity index (χ1) is 9.36. The first kappa shape index (κ1) is 13.1. The molecule has 1 aromatic heterocycles. The van der Waals surface area contributed by atoms with Crippen molar-refractivity contribution < 1.29 is 0 Å². The van der Waals surface area contributed by atoms with Crippen LogP contribution in [0.4, 0.5) is 0 Å². The number of nitrogens with one attached hydrogen (secondary N) is 1. The van der Waals surface area contributed by atoms with Crippen LogP contribution in [0.15, 0.2) is 24.4 Å². The van der Waals surface area contributed by atoms with E-state index < -0.39 is 0 Å². The number of hydrogen-bond donors (Lipinski definition) is 1. The smallest absolute Gasteiger partial charge is 0.0544 e. The second-order valence-electron chi connectivity index (χ2n) is 6.05. The highest BCUT2D eigenvalue weighted by Gasteiger charge is 2.38. The molecule has 1 aliphatic heterocycles. The summed E-state index contributed by atoms with van der Waals surface area (Å²) in [5.74, 6) is 0.929. The molecule has 2 unspecified atom stereocenters. The summed E-state index contributed by atoms with van der Waals surface area (Å²) in [5.41, 5.74) is 1.21. The molecule has 2 heterocycles. The second kappa shape index (κ2) is 6.02. The zero-order valence-electron chi connectivity index (χ0n) is 11.9. The van der Waals surface area contributed by atoms with Crippen molar-refractivity contribution in [3.8, 4) is 0 Å². The van der Waals surface area contributed by atoms with Gasteiger partial charge in [0.05, 0.1) is 5.69 Å². The van der Waals surface area contributed by atoms with E-state index in [9.17, 15) is 0 Å². The van der Waals surface area contributed by atoms with Crippen LogP contribution < -0.4 is 5.32 Å². The molecule has 2 aliphatic rings. The van der Waals surface area contributed by atoms with Crippen LogP contribution in [0, 0.1) is 5.92 Å². The molecule has 2 fully saturated rings. The van der Waals surface area contributed by atoms with Gasteiger partial charge in [-0.25, -0.2) is 0 Å². The SMILES string of the molecule is CCCC1CN(Cc2ccccn2)C(C2CC2)CN1. The maximum Gasteiger partial charge on any atom is 0.0544 e. The summed E-state index contributed by atoms with van der Waals surface area (Å²) in [5, 5.41) is 3.75. The van der Waals surface area contributed by atoms with E-state index in [0.29, 0.717) is 6.04 Å². The monoisotopic (exact) mass is 259 g/mol. The molecule has 0 bridgehead atoms. The van der Waals surface area contributed by atoms with Crippen molar-refractivity contribution in [3.05, 3.63) is 30.1 Å². The lowest BCUT2D eigenvalue weighted by molar-refractivity contribution is 0.103. The van der Waals surface area contributed by atoms with E-state index >= 15 is 0 Å². The number of pyridine rings is 1. The lowest BCUT2D eigenvalue weighted by Crippen LogP contribution is -2.56. The molecule has 1 aromatic rings. The molecule has 1 saturated carbocycles. The predicted molar refractivity (Wildman–Crippen MR) is 77.9 cm³/mol. The van der Waals surface area contributed by atoms with Gasteiger partial charge in [-0.3, -0.25) is 9.88 Å². The minimum atomic E-state index is 0.670. The number of nitrogens with zero attached hydrogens (tertiary/aromatic N) is 2. The van der Waals surface area contributed by atoms with Crippen LogP contribution in [-0.4, -0.2) is 35.1 Å². The highest BCUT2D eigenvalue weighted by atomic mass is 15.2. The van der Waals surface area contributed by atoms with Gasteiger partial charge >= 0.3 is 0 Å². The maximum absolute atomic E-state index is 4.50. The van der Waals surface area contributed by atoms with Crippen molar-refractivity contribution in [1.29, 1.82) is 0 Å². The van der Waals surface area contributed by atoms with E-state index in [1.165, 1.54) is 44.5 Å². The summed E-state index contributed by atoms with van der Waals surface area (Å²) in [6, 6.07) is 7.65. The summed E-state index contributed by atoms with van der Waals surface area (Å²) in [4.78, 5) is 7.17. The predicted octanol–water partition coefficient (Wildman–Crippen LogP) is 2.43. The van der Waals surface area contributed by atoms with Gasteiger partial charge in [0.25, 0.3) is 0 Å². The lowest BCUT2D eigenvalue weighted by atomic mass is 10.0. The molecule has 19 heavy (non-hydrogen) atoms. The third-order valence-electron chi connectivity index (χ3n) is 4.43. The first-order valence-corrected chi connectivity index (χ1v) is 7.74. The zero-order chi connectivity index (χ0) is 13.1. The third kappa shape index (κ3) is 3.34. The highest BCUT2D eigenvalue weighted by Crippen LogP contribution is 2.36. The molecule has 1 aliphatic carbocycles. The van der Waals surface area contributed by atoms with Crippen molar-refractivity contribution in [2.75, 3.05) is 13.1 Å². The average Bonchev–Trinajstić information content (AvgIpc) is 3.25. The molecular weight excluding hydrogens is 234 g/mol. The van der Waals surface area contributed by atoms with Crippen LogP contribution in [0.3, 0.4) is 0 Å². The Hall–Kier alpha value is -0.930. The lowest BCUT2D eigenvalue weighted by Gasteiger charge is -2.40. The number of rotatable bonds is 5. The molecule has 1 N–H and O–H groups in total. The number of hydrogen-bond acceptors (Lipinski definition) is 3. The van der Waals surface area contributed by atoms with E-state index in [0.717, 1.165) is 18.5 Å². The second-order valence-corrected chi connectivity index (χ2v) is 6.05. The number of aromatic nitrogens is 1. The summed E-state index contributed by atoms with van der Waals surface area (Å²) in [6.07, 6.45) is 7.31. The molecule has 0 aromatic carbocycles. The van der Waals surface area contributed by atoms with Crippen molar-refractivity contribution in [2.24, 2.45) is 5.92 Å². The van der Waals surface area contributed by atoms with Gasteiger partial charge in [0.2, 0.25) is 0 Å². The summed E-state index contributed by atoms with van der Waals surface area (Å²) in [7, 11) is 0. The fourth-order valence-electron chi connectivity index (χ4n) is 3.27. The molecule has 3 rings (SSSR count). The van der Waals surface area contributed by atoms with Gasteiger partial charge in [0.15, 0.2) is 0 Å². The largest absolute Gasteiger partial charge is 0.311 e. The Balaban J connectivity index is 1.66. The van der Waals surface area contributed by atoms with Gasteiger partial charge in [-0.2, -0.15) is 0 Å². The Morgan fingerprint density at radius 1 is 1.37 bits per heavy atom. The zero-order valence-corrected chi connectivity index (χ0v) is 11.9. The van der Waals surface area contributed by atoms with Crippen LogP contribution in [0.5, 0.6) is 0 Å². The third-order valence-corrected chi connectivity index (χ3v) is 4.43.